The molecule has 1 aliphatic rings. The van der Waals surface area contributed by atoms with E-state index >= 15 is 0 Å². The van der Waals surface area contributed by atoms with Crippen molar-refractivity contribution in [1.82, 2.24) is 15.5 Å². The Labute approximate surface area is 157 Å². The molecule has 0 spiro atoms. The van der Waals surface area contributed by atoms with E-state index in [1.165, 1.54) is 12.1 Å². The van der Waals surface area contributed by atoms with Gasteiger partial charge in [0.25, 0.3) is 0 Å². The Bertz CT molecular complexity index is 788. The van der Waals surface area contributed by atoms with Gasteiger partial charge in [0, 0.05) is 32.6 Å². The van der Waals surface area contributed by atoms with Gasteiger partial charge in [-0.3, -0.25) is 14.5 Å². The van der Waals surface area contributed by atoms with E-state index < -0.39 is 6.04 Å². The first kappa shape index (κ1) is 19.1. The van der Waals surface area contributed by atoms with Crippen LogP contribution in [0, 0.1) is 12.7 Å². The molecule has 1 saturated heterocycles. The maximum Gasteiger partial charge on any atom is 0.237 e. The summed E-state index contributed by atoms with van der Waals surface area (Å²) in [5.74, 6) is 1.04. The molecular formula is C20H24FN3O3. The van der Waals surface area contributed by atoms with Crippen molar-refractivity contribution in [2.24, 2.45) is 0 Å². The Morgan fingerprint density at radius 1 is 1.30 bits per heavy atom. The highest BCUT2D eigenvalue weighted by atomic mass is 19.1. The summed E-state index contributed by atoms with van der Waals surface area (Å²) in [7, 11) is 0. The molecule has 2 amide bonds. The fourth-order valence-corrected chi connectivity index (χ4v) is 3.19. The lowest BCUT2D eigenvalue weighted by molar-refractivity contribution is -0.134. The second kappa shape index (κ2) is 8.81. The van der Waals surface area contributed by atoms with E-state index in [4.69, 9.17) is 4.42 Å². The minimum Gasteiger partial charge on any atom is -0.466 e. The summed E-state index contributed by atoms with van der Waals surface area (Å²) in [5, 5.41) is 5.66. The minimum absolute atomic E-state index is 0.0875. The summed E-state index contributed by atoms with van der Waals surface area (Å²) in [6.07, 6.45) is 0.694. The fraction of sp³-hybridized carbons (Fsp3) is 0.400. The maximum absolute atomic E-state index is 13.1. The summed E-state index contributed by atoms with van der Waals surface area (Å²) in [6.45, 7) is 4.01. The number of carbonyl (C=O) groups excluding carboxylic acids is 2. The first-order chi connectivity index (χ1) is 13.0. The first-order valence-corrected chi connectivity index (χ1v) is 9.09. The molecule has 2 heterocycles. The van der Waals surface area contributed by atoms with Gasteiger partial charge in [0.2, 0.25) is 11.8 Å². The van der Waals surface area contributed by atoms with Gasteiger partial charge in [-0.1, -0.05) is 12.1 Å². The van der Waals surface area contributed by atoms with Gasteiger partial charge in [0.1, 0.15) is 17.3 Å². The Balaban J connectivity index is 1.53. The predicted molar refractivity (Wildman–Crippen MR) is 98.4 cm³/mol. The molecule has 1 aromatic carbocycles. The summed E-state index contributed by atoms with van der Waals surface area (Å²) >= 11 is 0. The van der Waals surface area contributed by atoms with Crippen molar-refractivity contribution in [2.45, 2.75) is 32.4 Å². The van der Waals surface area contributed by atoms with E-state index in [1.807, 2.05) is 24.0 Å². The van der Waals surface area contributed by atoms with Gasteiger partial charge < -0.3 is 15.1 Å². The van der Waals surface area contributed by atoms with Crippen molar-refractivity contribution in [3.8, 4) is 0 Å². The lowest BCUT2D eigenvalue weighted by Crippen LogP contribution is -2.56. The molecule has 1 aliphatic heterocycles. The largest absolute Gasteiger partial charge is 0.466 e. The molecule has 1 unspecified atom stereocenters. The van der Waals surface area contributed by atoms with E-state index in [2.05, 4.69) is 10.6 Å². The van der Waals surface area contributed by atoms with Crippen LogP contribution in [0.25, 0.3) is 0 Å². The van der Waals surface area contributed by atoms with Gasteiger partial charge in [-0.2, -0.15) is 0 Å². The van der Waals surface area contributed by atoms with Crippen LogP contribution in [0.3, 0.4) is 0 Å². The Hall–Kier alpha value is -2.67. The van der Waals surface area contributed by atoms with E-state index in [-0.39, 0.29) is 24.1 Å². The summed E-state index contributed by atoms with van der Waals surface area (Å²) in [6, 6.07) is 9.44. The summed E-state index contributed by atoms with van der Waals surface area (Å²) < 4.78 is 18.6. The van der Waals surface area contributed by atoms with Crippen LogP contribution >= 0.6 is 0 Å². The van der Waals surface area contributed by atoms with Crippen LogP contribution in [0.4, 0.5) is 4.39 Å². The third-order valence-corrected chi connectivity index (χ3v) is 4.61. The highest BCUT2D eigenvalue weighted by Gasteiger charge is 2.31. The number of nitrogens with zero attached hydrogens (tertiary/aromatic N) is 1. The number of hydrogen-bond donors (Lipinski definition) is 2. The molecule has 27 heavy (non-hydrogen) atoms. The Morgan fingerprint density at radius 2 is 2.07 bits per heavy atom. The van der Waals surface area contributed by atoms with Gasteiger partial charge in [0.15, 0.2) is 0 Å². The molecule has 3 rings (SSSR count). The zero-order valence-corrected chi connectivity index (χ0v) is 15.3. The van der Waals surface area contributed by atoms with Crippen LogP contribution in [-0.4, -0.2) is 42.4 Å². The van der Waals surface area contributed by atoms with Crippen LogP contribution in [0.1, 0.15) is 23.5 Å². The molecule has 0 radical (unpaired) electrons. The van der Waals surface area contributed by atoms with Crippen LogP contribution < -0.4 is 10.6 Å². The molecule has 0 bridgehead atoms. The lowest BCUT2D eigenvalue weighted by Gasteiger charge is -2.34. The van der Waals surface area contributed by atoms with Crippen LogP contribution in [-0.2, 0) is 22.6 Å². The van der Waals surface area contributed by atoms with E-state index in [9.17, 15) is 14.0 Å². The van der Waals surface area contributed by atoms with E-state index in [0.29, 0.717) is 32.6 Å². The van der Waals surface area contributed by atoms with Gasteiger partial charge in [-0.15, -0.1) is 0 Å². The van der Waals surface area contributed by atoms with Gasteiger partial charge in [0.05, 0.1) is 12.5 Å². The molecule has 7 heteroatoms. The molecule has 1 atom stereocenters. The number of rotatable bonds is 7. The van der Waals surface area contributed by atoms with Crippen molar-refractivity contribution in [2.75, 3.05) is 19.6 Å². The average molecular weight is 373 g/mol. The molecule has 0 aliphatic carbocycles. The quantitative estimate of drug-likeness (QED) is 0.776. The summed E-state index contributed by atoms with van der Waals surface area (Å²) in [5.41, 5.74) is 0.907. The zero-order valence-electron chi connectivity index (χ0n) is 15.3. The molecule has 2 N–H and O–H groups in total. The number of piperazine rings is 1. The SMILES string of the molecule is Cc1ccc(CCNC(=O)CC2C(=O)NCCN2Cc2ccc(F)cc2)o1. The number of carbonyl (C=O) groups is 2. The topological polar surface area (TPSA) is 74.6 Å². The zero-order chi connectivity index (χ0) is 19.2. The van der Waals surface area contributed by atoms with Gasteiger partial charge in [-0.25, -0.2) is 4.39 Å². The molecule has 144 valence electrons. The van der Waals surface area contributed by atoms with Crippen molar-refractivity contribution < 1.29 is 18.4 Å². The highest BCUT2D eigenvalue weighted by Crippen LogP contribution is 2.14. The monoisotopic (exact) mass is 373 g/mol. The second-order valence-electron chi connectivity index (χ2n) is 6.72. The number of hydrogen-bond acceptors (Lipinski definition) is 4. The highest BCUT2D eigenvalue weighted by molar-refractivity contribution is 5.88. The van der Waals surface area contributed by atoms with Crippen LogP contribution in [0.5, 0.6) is 0 Å². The van der Waals surface area contributed by atoms with Gasteiger partial charge in [-0.05, 0) is 36.8 Å². The standard InChI is InChI=1S/C20H24FN3O3/c1-14-2-7-17(27-14)8-9-22-19(25)12-18-20(26)23-10-11-24(18)13-15-3-5-16(21)6-4-15/h2-7,18H,8-13H2,1H3,(H,22,25)(H,23,26). The number of amides is 2. The van der Waals surface area contributed by atoms with E-state index in [0.717, 1.165) is 17.1 Å². The molecule has 1 aromatic heterocycles. The summed E-state index contributed by atoms with van der Waals surface area (Å²) in [4.78, 5) is 26.5. The fourth-order valence-electron chi connectivity index (χ4n) is 3.19. The lowest BCUT2D eigenvalue weighted by atomic mass is 10.1. The van der Waals surface area contributed by atoms with Crippen LogP contribution in [0.15, 0.2) is 40.8 Å². The predicted octanol–water partition coefficient (Wildman–Crippen LogP) is 1.78. The molecule has 1 fully saturated rings. The average Bonchev–Trinajstić information content (AvgIpc) is 3.05. The number of halogens is 1. The number of nitrogens with one attached hydrogen (secondary N) is 2. The Morgan fingerprint density at radius 3 is 2.78 bits per heavy atom. The molecular weight excluding hydrogens is 349 g/mol. The van der Waals surface area contributed by atoms with Crippen molar-refractivity contribution in [1.29, 1.82) is 0 Å². The number of furan rings is 1. The van der Waals surface area contributed by atoms with Crippen LogP contribution in [0.2, 0.25) is 0 Å². The van der Waals surface area contributed by atoms with Gasteiger partial charge >= 0.3 is 0 Å². The smallest absolute Gasteiger partial charge is 0.237 e. The van der Waals surface area contributed by atoms with E-state index in [1.54, 1.807) is 12.1 Å². The van der Waals surface area contributed by atoms with Crippen molar-refractivity contribution in [3.05, 3.63) is 59.3 Å². The first-order valence-electron chi connectivity index (χ1n) is 9.09. The normalized spacial score (nSPS) is 17.6. The second-order valence-corrected chi connectivity index (χ2v) is 6.72. The third kappa shape index (κ3) is 5.40. The maximum atomic E-state index is 13.1. The molecule has 0 saturated carbocycles. The van der Waals surface area contributed by atoms with Crippen molar-refractivity contribution in [3.63, 3.8) is 0 Å². The number of benzene rings is 1. The Kier molecular flexibility index (Phi) is 6.24. The minimum atomic E-state index is -0.533. The molecule has 6 nitrogen and oxygen atoms in total. The molecule has 2 aromatic rings. The number of aryl methyl sites for hydroxylation is 1. The third-order valence-electron chi connectivity index (χ3n) is 4.61. The van der Waals surface area contributed by atoms with Crippen molar-refractivity contribution >= 4 is 11.8 Å².